The molecule has 190 valence electrons. The first-order valence-electron chi connectivity index (χ1n) is 12.2. The third kappa shape index (κ3) is 6.21. The van der Waals surface area contributed by atoms with Crippen LogP contribution in [-0.4, -0.2) is 32.9 Å². The summed E-state index contributed by atoms with van der Waals surface area (Å²) in [7, 11) is 0. The molecule has 0 radical (unpaired) electrons. The molecule has 1 N–H and O–H groups in total. The summed E-state index contributed by atoms with van der Waals surface area (Å²) in [5.74, 6) is 0.312. The number of hydrogen-bond acceptors (Lipinski definition) is 5. The predicted octanol–water partition coefficient (Wildman–Crippen LogP) is 4.90. The van der Waals surface area contributed by atoms with Crippen molar-refractivity contribution in [3.05, 3.63) is 47.1 Å². The summed E-state index contributed by atoms with van der Waals surface area (Å²) in [6.07, 6.45) is 2.81. The minimum Gasteiger partial charge on any atom is -0.343 e. The molecule has 4 rings (SSSR count). The van der Waals surface area contributed by atoms with Gasteiger partial charge in [0, 0.05) is 32.4 Å². The number of nitrogens with zero attached hydrogens (tertiary/aromatic N) is 3. The van der Waals surface area contributed by atoms with E-state index in [1.165, 1.54) is 24.0 Å². The number of aromatic nitrogens is 2. The first kappa shape index (κ1) is 25.2. The molecule has 2 aromatic rings. The highest BCUT2D eigenvalue weighted by atomic mass is 19.4. The molecule has 7 nitrogen and oxygen atoms in total. The minimum atomic E-state index is -4.48. The summed E-state index contributed by atoms with van der Waals surface area (Å²) in [6, 6.07) is 5.33. The molecule has 2 fully saturated rings. The average Bonchev–Trinajstić information content (AvgIpc) is 3.57. The van der Waals surface area contributed by atoms with Gasteiger partial charge in [-0.05, 0) is 37.3 Å². The van der Waals surface area contributed by atoms with Gasteiger partial charge in [0.15, 0.2) is 5.82 Å². The van der Waals surface area contributed by atoms with Gasteiger partial charge in [0.2, 0.25) is 17.7 Å². The average molecular weight is 493 g/mol. The van der Waals surface area contributed by atoms with Gasteiger partial charge in [0.05, 0.1) is 5.56 Å². The van der Waals surface area contributed by atoms with E-state index in [1.807, 2.05) is 0 Å². The number of halogens is 3. The molecule has 1 aromatic heterocycles. The summed E-state index contributed by atoms with van der Waals surface area (Å²) in [6.45, 7) is 1.38. The van der Waals surface area contributed by atoms with E-state index in [1.54, 1.807) is 6.07 Å². The molecule has 1 heterocycles. The molecule has 0 unspecified atom stereocenters. The van der Waals surface area contributed by atoms with Gasteiger partial charge in [0.25, 0.3) is 0 Å². The van der Waals surface area contributed by atoms with E-state index in [0.29, 0.717) is 5.82 Å². The van der Waals surface area contributed by atoms with E-state index < -0.39 is 17.3 Å². The Morgan fingerprint density at radius 2 is 1.83 bits per heavy atom. The van der Waals surface area contributed by atoms with Crippen molar-refractivity contribution in [2.45, 2.75) is 95.4 Å². The molecular formula is C25H31F3N4O3. The van der Waals surface area contributed by atoms with E-state index in [9.17, 15) is 22.8 Å². The van der Waals surface area contributed by atoms with Gasteiger partial charge < -0.3 is 14.7 Å². The van der Waals surface area contributed by atoms with Crippen molar-refractivity contribution in [3.8, 4) is 0 Å². The molecule has 0 bridgehead atoms. The SMILES string of the molecule is CC(=O)NC1(c2noc(CCC(=O)N(Cc3ccccc3C(F)(F)F)C3CC3)n2)CCCCCC1. The van der Waals surface area contributed by atoms with Gasteiger partial charge in [0.1, 0.15) is 5.54 Å². The zero-order valence-corrected chi connectivity index (χ0v) is 19.9. The zero-order chi connectivity index (χ0) is 25.1. The van der Waals surface area contributed by atoms with E-state index in [-0.39, 0.29) is 48.7 Å². The predicted molar refractivity (Wildman–Crippen MR) is 121 cm³/mol. The fraction of sp³-hybridized carbons (Fsp3) is 0.600. The second kappa shape index (κ2) is 10.4. The Morgan fingerprint density at radius 1 is 1.14 bits per heavy atom. The monoisotopic (exact) mass is 492 g/mol. The van der Waals surface area contributed by atoms with Crippen LogP contribution in [0.1, 0.15) is 87.6 Å². The highest BCUT2D eigenvalue weighted by Crippen LogP contribution is 2.36. The van der Waals surface area contributed by atoms with Crippen LogP contribution in [0.15, 0.2) is 28.8 Å². The van der Waals surface area contributed by atoms with E-state index in [4.69, 9.17) is 4.52 Å². The molecule has 0 atom stereocenters. The molecule has 2 amide bonds. The maximum Gasteiger partial charge on any atom is 0.416 e. The number of amides is 2. The standard InChI is InChI=1S/C25H31F3N4O3/c1-17(33)30-24(14-6-2-3-7-15-24)23-29-21(35-31-23)12-13-22(34)32(19-10-11-19)16-18-8-4-5-9-20(18)25(26,27)28/h4-5,8-9,19H,2-3,6-7,10-16H2,1H3,(H,30,33). The molecule has 0 saturated heterocycles. The second-order valence-corrected chi connectivity index (χ2v) is 9.60. The number of nitrogens with one attached hydrogen (secondary N) is 1. The number of aryl methyl sites for hydroxylation is 1. The number of carbonyl (C=O) groups is 2. The zero-order valence-electron chi connectivity index (χ0n) is 19.9. The lowest BCUT2D eigenvalue weighted by atomic mass is 9.89. The summed E-state index contributed by atoms with van der Waals surface area (Å²) < 4.78 is 45.7. The lowest BCUT2D eigenvalue weighted by Crippen LogP contribution is -2.45. The summed E-state index contributed by atoms with van der Waals surface area (Å²) in [5, 5.41) is 7.16. The Balaban J connectivity index is 1.44. The van der Waals surface area contributed by atoms with E-state index in [2.05, 4.69) is 15.5 Å². The molecular weight excluding hydrogens is 461 g/mol. The quantitative estimate of drug-likeness (QED) is 0.530. The second-order valence-electron chi connectivity index (χ2n) is 9.60. The fourth-order valence-electron chi connectivity index (χ4n) is 4.91. The number of hydrogen-bond donors (Lipinski definition) is 1. The highest BCUT2D eigenvalue weighted by Gasteiger charge is 2.39. The van der Waals surface area contributed by atoms with Crippen LogP contribution in [0.3, 0.4) is 0 Å². The van der Waals surface area contributed by atoms with Gasteiger partial charge in [-0.25, -0.2) is 0 Å². The van der Waals surface area contributed by atoms with Crippen molar-refractivity contribution in [2.24, 2.45) is 0 Å². The van der Waals surface area contributed by atoms with Crippen LogP contribution in [-0.2, 0) is 34.3 Å². The van der Waals surface area contributed by atoms with Gasteiger partial charge in [-0.3, -0.25) is 9.59 Å². The molecule has 0 aliphatic heterocycles. The molecule has 10 heteroatoms. The fourth-order valence-corrected chi connectivity index (χ4v) is 4.91. The van der Waals surface area contributed by atoms with Crippen LogP contribution < -0.4 is 5.32 Å². The first-order chi connectivity index (χ1) is 16.7. The van der Waals surface area contributed by atoms with Crippen LogP contribution in [0.2, 0.25) is 0 Å². The van der Waals surface area contributed by atoms with Gasteiger partial charge in [-0.2, -0.15) is 18.2 Å². The first-order valence-corrected chi connectivity index (χ1v) is 12.2. The van der Waals surface area contributed by atoms with Crippen molar-refractivity contribution in [1.82, 2.24) is 20.4 Å². The Hall–Kier alpha value is -2.91. The van der Waals surface area contributed by atoms with Crippen molar-refractivity contribution in [1.29, 1.82) is 0 Å². The topological polar surface area (TPSA) is 88.3 Å². The largest absolute Gasteiger partial charge is 0.416 e. The smallest absolute Gasteiger partial charge is 0.343 e. The number of alkyl halides is 3. The summed E-state index contributed by atoms with van der Waals surface area (Å²) in [4.78, 5) is 31.0. The Kier molecular flexibility index (Phi) is 7.47. The number of rotatable bonds is 8. The maximum absolute atomic E-state index is 13.4. The van der Waals surface area contributed by atoms with Crippen molar-refractivity contribution >= 4 is 11.8 Å². The third-order valence-electron chi connectivity index (χ3n) is 6.79. The normalized spacial score (nSPS) is 18.1. The van der Waals surface area contributed by atoms with Crippen LogP contribution in [0.5, 0.6) is 0 Å². The van der Waals surface area contributed by atoms with Crippen molar-refractivity contribution in [3.63, 3.8) is 0 Å². The summed E-state index contributed by atoms with van der Waals surface area (Å²) in [5.41, 5.74) is -1.30. The van der Waals surface area contributed by atoms with E-state index >= 15 is 0 Å². The minimum absolute atomic E-state index is 0.0453. The van der Waals surface area contributed by atoms with Crippen molar-refractivity contribution in [2.75, 3.05) is 0 Å². The van der Waals surface area contributed by atoms with Gasteiger partial charge in [-0.15, -0.1) is 0 Å². The molecule has 2 aliphatic carbocycles. The molecule has 1 aromatic carbocycles. The van der Waals surface area contributed by atoms with Crippen LogP contribution in [0.4, 0.5) is 13.2 Å². The Bertz CT molecular complexity index is 1040. The number of benzene rings is 1. The van der Waals surface area contributed by atoms with Crippen LogP contribution >= 0.6 is 0 Å². The van der Waals surface area contributed by atoms with Gasteiger partial charge in [-0.1, -0.05) is 49.0 Å². The Morgan fingerprint density at radius 3 is 2.46 bits per heavy atom. The van der Waals surface area contributed by atoms with E-state index in [0.717, 1.165) is 57.4 Å². The maximum atomic E-state index is 13.4. The molecule has 0 spiro atoms. The summed E-state index contributed by atoms with van der Waals surface area (Å²) >= 11 is 0. The number of carbonyl (C=O) groups excluding carboxylic acids is 2. The lowest BCUT2D eigenvalue weighted by Gasteiger charge is -2.30. The Labute approximate surface area is 202 Å². The molecule has 2 aliphatic rings. The van der Waals surface area contributed by atoms with Crippen LogP contribution in [0.25, 0.3) is 0 Å². The molecule has 35 heavy (non-hydrogen) atoms. The molecule has 2 saturated carbocycles. The van der Waals surface area contributed by atoms with Crippen LogP contribution in [0, 0.1) is 0 Å². The van der Waals surface area contributed by atoms with Crippen molar-refractivity contribution < 1.29 is 27.3 Å². The van der Waals surface area contributed by atoms with Gasteiger partial charge >= 0.3 is 6.18 Å². The lowest BCUT2D eigenvalue weighted by molar-refractivity contribution is -0.140. The highest BCUT2D eigenvalue weighted by molar-refractivity contribution is 5.77. The third-order valence-corrected chi connectivity index (χ3v) is 6.79.